The van der Waals surface area contributed by atoms with Crippen molar-refractivity contribution in [2.45, 2.75) is 70.6 Å². The summed E-state index contributed by atoms with van der Waals surface area (Å²) in [6, 6.07) is 16.4. The predicted molar refractivity (Wildman–Crippen MR) is 158 cm³/mol. The second-order valence-electron chi connectivity index (χ2n) is 12.0. The lowest BCUT2D eigenvalue weighted by molar-refractivity contribution is -0.138. The molecule has 230 valence electrons. The fourth-order valence-electron chi connectivity index (χ4n) is 5.25. The Morgan fingerprint density at radius 3 is 2.23 bits per heavy atom. The highest BCUT2D eigenvalue weighted by Crippen LogP contribution is 2.36. The Morgan fingerprint density at radius 1 is 1.05 bits per heavy atom. The molecule has 2 atom stereocenters. The van der Waals surface area contributed by atoms with E-state index in [2.05, 4.69) is 15.3 Å². The summed E-state index contributed by atoms with van der Waals surface area (Å²) >= 11 is 0. The number of hydrogen-bond acceptors (Lipinski definition) is 6. The van der Waals surface area contributed by atoms with Crippen molar-refractivity contribution in [3.63, 3.8) is 0 Å². The van der Waals surface area contributed by atoms with Crippen LogP contribution in [0.25, 0.3) is 0 Å². The number of primary amides is 1. The highest BCUT2D eigenvalue weighted by Gasteiger charge is 2.37. The summed E-state index contributed by atoms with van der Waals surface area (Å²) in [5.41, 5.74) is 6.26. The standard InChI is InChI=1S/C32H38F3N5O3/c1-20(28(36)41)25(23-8-6-5-7-9-23)18-27-26(32(33,34)35)19-37-29(39-27)38-24-12-10-21(11-13-24)22-14-16-40(17-15-22)30(42)43-31(2,3)4/h5-13,19-20,22,25H,14-18H2,1-4H3,(H2,36,41)(H,37,38,39). The number of alkyl halides is 3. The SMILES string of the molecule is CC(C(N)=O)C(Cc1nc(Nc2ccc(C3CCN(C(=O)OC(C)(C)C)CC3)cc2)ncc1C(F)(F)F)c1ccccc1. The van der Waals surface area contributed by atoms with Crippen LogP contribution in [0.5, 0.6) is 0 Å². The number of carbonyl (C=O) groups excluding carboxylic acids is 2. The van der Waals surface area contributed by atoms with Gasteiger partial charge in [0.15, 0.2) is 0 Å². The zero-order valence-electron chi connectivity index (χ0n) is 24.8. The molecule has 3 aromatic rings. The van der Waals surface area contributed by atoms with Crippen LogP contribution in [0.2, 0.25) is 0 Å². The molecule has 0 spiro atoms. The molecule has 1 aliphatic heterocycles. The number of benzene rings is 2. The van der Waals surface area contributed by atoms with Crippen LogP contribution in [0.1, 0.15) is 74.8 Å². The molecule has 1 aliphatic rings. The maximum atomic E-state index is 14.0. The summed E-state index contributed by atoms with van der Waals surface area (Å²) in [7, 11) is 0. The molecule has 0 saturated carbocycles. The molecule has 4 rings (SSSR count). The predicted octanol–water partition coefficient (Wildman–Crippen LogP) is 6.80. The first-order valence-corrected chi connectivity index (χ1v) is 14.3. The number of rotatable bonds is 8. The first kappa shape index (κ1) is 31.8. The second kappa shape index (κ2) is 13.0. The number of anilines is 2. The van der Waals surface area contributed by atoms with Gasteiger partial charge in [0.05, 0.1) is 11.3 Å². The van der Waals surface area contributed by atoms with Gasteiger partial charge >= 0.3 is 12.3 Å². The van der Waals surface area contributed by atoms with Crippen LogP contribution in [-0.4, -0.2) is 45.6 Å². The van der Waals surface area contributed by atoms with Gasteiger partial charge in [0.25, 0.3) is 0 Å². The number of likely N-dealkylation sites (tertiary alicyclic amines) is 1. The molecule has 1 aromatic heterocycles. The normalized spacial score (nSPS) is 15.9. The van der Waals surface area contributed by atoms with E-state index in [0.29, 0.717) is 24.3 Å². The van der Waals surface area contributed by atoms with Crippen LogP contribution in [0.4, 0.5) is 29.6 Å². The minimum atomic E-state index is -4.67. The maximum absolute atomic E-state index is 14.0. The van der Waals surface area contributed by atoms with Crippen LogP contribution in [0.3, 0.4) is 0 Å². The van der Waals surface area contributed by atoms with Gasteiger partial charge < -0.3 is 20.7 Å². The molecule has 0 radical (unpaired) electrons. The summed E-state index contributed by atoms with van der Waals surface area (Å²) in [6.07, 6.45) is -2.77. The molecule has 2 aromatic carbocycles. The summed E-state index contributed by atoms with van der Waals surface area (Å²) in [6.45, 7) is 8.33. The van der Waals surface area contributed by atoms with E-state index in [1.807, 2.05) is 45.0 Å². The maximum Gasteiger partial charge on any atom is 0.419 e. The molecule has 1 fully saturated rings. The fourth-order valence-corrected chi connectivity index (χ4v) is 5.25. The number of ether oxygens (including phenoxy) is 1. The molecule has 8 nitrogen and oxygen atoms in total. The van der Waals surface area contributed by atoms with Gasteiger partial charge in [0.2, 0.25) is 11.9 Å². The Hall–Kier alpha value is -4.15. The van der Waals surface area contributed by atoms with Crippen LogP contribution in [0, 0.1) is 5.92 Å². The summed E-state index contributed by atoms with van der Waals surface area (Å²) in [5, 5.41) is 3.01. The van der Waals surface area contributed by atoms with E-state index in [9.17, 15) is 22.8 Å². The molecule has 43 heavy (non-hydrogen) atoms. The van der Waals surface area contributed by atoms with Crippen molar-refractivity contribution in [3.8, 4) is 0 Å². The zero-order valence-corrected chi connectivity index (χ0v) is 24.8. The van der Waals surface area contributed by atoms with Crippen LogP contribution >= 0.6 is 0 Å². The molecule has 1 saturated heterocycles. The van der Waals surface area contributed by atoms with Gasteiger partial charge in [-0.2, -0.15) is 13.2 Å². The van der Waals surface area contributed by atoms with Crippen molar-refractivity contribution in [2.24, 2.45) is 11.7 Å². The van der Waals surface area contributed by atoms with Crippen LogP contribution in [-0.2, 0) is 22.1 Å². The first-order valence-electron chi connectivity index (χ1n) is 14.3. The smallest absolute Gasteiger partial charge is 0.419 e. The molecule has 3 N–H and O–H groups in total. The third-order valence-electron chi connectivity index (χ3n) is 7.65. The average Bonchev–Trinajstić information content (AvgIpc) is 2.95. The Morgan fingerprint density at radius 2 is 1.67 bits per heavy atom. The van der Waals surface area contributed by atoms with Crippen molar-refractivity contribution in [2.75, 3.05) is 18.4 Å². The average molecular weight is 598 g/mol. The monoisotopic (exact) mass is 597 g/mol. The molecule has 0 aliphatic carbocycles. The van der Waals surface area contributed by atoms with Crippen molar-refractivity contribution in [1.29, 1.82) is 0 Å². The molecule has 2 amide bonds. The number of halogens is 3. The minimum absolute atomic E-state index is 0.0139. The molecule has 0 bridgehead atoms. The number of nitrogens with zero attached hydrogens (tertiary/aromatic N) is 3. The third kappa shape index (κ3) is 8.46. The van der Waals surface area contributed by atoms with E-state index >= 15 is 0 Å². The van der Waals surface area contributed by atoms with Gasteiger partial charge in [-0.1, -0.05) is 49.4 Å². The van der Waals surface area contributed by atoms with Crippen molar-refractivity contribution >= 4 is 23.6 Å². The Balaban J connectivity index is 1.49. The van der Waals surface area contributed by atoms with Gasteiger partial charge in [-0.05, 0) is 69.2 Å². The number of piperidine rings is 1. The quantitative estimate of drug-likeness (QED) is 0.296. The molecule has 11 heteroatoms. The highest BCUT2D eigenvalue weighted by molar-refractivity contribution is 5.77. The first-order chi connectivity index (χ1) is 20.2. The minimum Gasteiger partial charge on any atom is -0.444 e. The zero-order chi connectivity index (χ0) is 31.4. The van der Waals surface area contributed by atoms with Crippen molar-refractivity contribution < 1.29 is 27.5 Å². The summed E-state index contributed by atoms with van der Waals surface area (Å²) < 4.78 is 47.4. The number of hydrogen-bond donors (Lipinski definition) is 2. The van der Waals surface area contributed by atoms with E-state index in [1.165, 1.54) is 0 Å². The number of nitrogens with two attached hydrogens (primary N) is 1. The van der Waals surface area contributed by atoms with E-state index in [1.54, 1.807) is 42.2 Å². The Kier molecular flexibility index (Phi) is 9.62. The molecule has 2 heterocycles. The Bertz CT molecular complexity index is 1400. The van der Waals surface area contributed by atoms with E-state index < -0.39 is 35.1 Å². The highest BCUT2D eigenvalue weighted by atomic mass is 19.4. The van der Waals surface area contributed by atoms with Gasteiger partial charge in [0, 0.05) is 36.8 Å². The van der Waals surface area contributed by atoms with Crippen molar-refractivity contribution in [3.05, 3.63) is 83.2 Å². The fraction of sp³-hybridized carbons (Fsp3) is 0.438. The van der Waals surface area contributed by atoms with E-state index in [4.69, 9.17) is 10.5 Å². The number of aromatic nitrogens is 2. The number of carbonyl (C=O) groups is 2. The molecule has 2 unspecified atom stereocenters. The van der Waals surface area contributed by atoms with E-state index in [0.717, 1.165) is 24.6 Å². The lowest BCUT2D eigenvalue weighted by Gasteiger charge is -2.33. The largest absolute Gasteiger partial charge is 0.444 e. The second-order valence-corrected chi connectivity index (χ2v) is 12.0. The number of nitrogens with one attached hydrogen (secondary N) is 1. The van der Waals surface area contributed by atoms with Crippen LogP contribution in [0.15, 0.2) is 60.8 Å². The van der Waals surface area contributed by atoms with Crippen molar-refractivity contribution in [1.82, 2.24) is 14.9 Å². The molecular weight excluding hydrogens is 559 g/mol. The topological polar surface area (TPSA) is 110 Å². The van der Waals surface area contributed by atoms with E-state index in [-0.39, 0.29) is 30.1 Å². The Labute approximate surface area is 249 Å². The lowest BCUT2D eigenvalue weighted by Crippen LogP contribution is -2.41. The third-order valence-corrected chi connectivity index (χ3v) is 7.65. The van der Waals surface area contributed by atoms with Gasteiger partial charge in [-0.25, -0.2) is 14.8 Å². The lowest BCUT2D eigenvalue weighted by atomic mass is 9.82. The summed E-state index contributed by atoms with van der Waals surface area (Å²) in [4.78, 5) is 34.4. The van der Waals surface area contributed by atoms with Crippen LogP contribution < -0.4 is 11.1 Å². The van der Waals surface area contributed by atoms with Gasteiger partial charge in [-0.3, -0.25) is 4.79 Å². The van der Waals surface area contributed by atoms with Gasteiger partial charge in [-0.15, -0.1) is 0 Å². The number of amides is 2. The van der Waals surface area contributed by atoms with Gasteiger partial charge in [0.1, 0.15) is 5.60 Å². The molecular formula is C32H38F3N5O3. The summed E-state index contributed by atoms with van der Waals surface area (Å²) in [5.74, 6) is -1.66.